The number of benzene rings is 1. The number of carboxylic acid groups (broad SMARTS) is 1. The maximum Gasteiger partial charge on any atom is 0.325 e. The zero-order chi connectivity index (χ0) is 11.0. The fourth-order valence-corrected chi connectivity index (χ4v) is 1.57. The fourth-order valence-electron chi connectivity index (χ4n) is 1.32. The molecular formula is C9H7ClN2O3. The van der Waals surface area contributed by atoms with Crippen LogP contribution in [0.1, 0.15) is 0 Å². The lowest BCUT2D eigenvalue weighted by atomic mass is 10.2. The summed E-state index contributed by atoms with van der Waals surface area (Å²) in [5.41, 5.74) is 0.555. The van der Waals surface area contributed by atoms with Crippen molar-refractivity contribution in [3.8, 4) is 5.75 Å². The van der Waals surface area contributed by atoms with Crippen molar-refractivity contribution in [2.75, 3.05) is 0 Å². The molecular weight excluding hydrogens is 220 g/mol. The second-order valence-electron chi connectivity index (χ2n) is 3.04. The minimum atomic E-state index is -1.02. The molecule has 6 heteroatoms. The van der Waals surface area contributed by atoms with Crippen LogP contribution in [0.4, 0.5) is 0 Å². The van der Waals surface area contributed by atoms with Gasteiger partial charge < -0.3 is 10.2 Å². The topological polar surface area (TPSA) is 75.3 Å². The van der Waals surface area contributed by atoms with Crippen LogP contribution in [0.15, 0.2) is 18.2 Å². The zero-order valence-electron chi connectivity index (χ0n) is 7.51. The lowest BCUT2D eigenvalue weighted by Crippen LogP contribution is -2.09. The van der Waals surface area contributed by atoms with Crippen molar-refractivity contribution in [2.45, 2.75) is 6.54 Å². The second-order valence-corrected chi connectivity index (χ2v) is 3.40. The van der Waals surface area contributed by atoms with E-state index in [0.717, 1.165) is 0 Å². The van der Waals surface area contributed by atoms with E-state index in [2.05, 4.69) is 5.10 Å². The van der Waals surface area contributed by atoms with Crippen molar-refractivity contribution in [1.82, 2.24) is 9.78 Å². The molecule has 1 heterocycles. The van der Waals surface area contributed by atoms with Gasteiger partial charge >= 0.3 is 5.97 Å². The average Bonchev–Trinajstić information content (AvgIpc) is 2.44. The number of aliphatic carboxylic acids is 1. The number of carbonyl (C=O) groups is 1. The van der Waals surface area contributed by atoms with Crippen molar-refractivity contribution in [3.63, 3.8) is 0 Å². The second kappa shape index (κ2) is 3.43. The molecule has 0 spiro atoms. The van der Waals surface area contributed by atoms with Gasteiger partial charge in [-0.1, -0.05) is 11.6 Å². The minimum Gasteiger partial charge on any atom is -0.508 e. The SMILES string of the molecule is O=C(O)Cn1nc2ccc(O)cc2c1Cl. The number of hydrogen-bond acceptors (Lipinski definition) is 3. The molecule has 0 saturated heterocycles. The van der Waals surface area contributed by atoms with Crippen molar-refractivity contribution < 1.29 is 15.0 Å². The summed E-state index contributed by atoms with van der Waals surface area (Å²) < 4.78 is 1.17. The van der Waals surface area contributed by atoms with Crippen LogP contribution < -0.4 is 0 Å². The molecule has 0 aliphatic carbocycles. The van der Waals surface area contributed by atoms with Crippen LogP contribution in [-0.4, -0.2) is 26.0 Å². The maximum atomic E-state index is 10.5. The highest BCUT2D eigenvalue weighted by Crippen LogP contribution is 2.26. The summed E-state index contributed by atoms with van der Waals surface area (Å²) in [6, 6.07) is 4.49. The lowest BCUT2D eigenvalue weighted by Gasteiger charge is -1.96. The Morgan fingerprint density at radius 2 is 2.27 bits per heavy atom. The van der Waals surface area contributed by atoms with Crippen LogP contribution in [-0.2, 0) is 11.3 Å². The molecule has 0 saturated carbocycles. The Balaban J connectivity index is 2.59. The number of halogens is 1. The summed E-state index contributed by atoms with van der Waals surface area (Å²) >= 11 is 5.90. The normalized spacial score (nSPS) is 10.7. The first-order chi connectivity index (χ1) is 7.08. The van der Waals surface area contributed by atoms with Crippen LogP contribution >= 0.6 is 11.6 Å². The summed E-state index contributed by atoms with van der Waals surface area (Å²) in [4.78, 5) is 10.5. The van der Waals surface area contributed by atoms with E-state index in [4.69, 9.17) is 16.7 Å². The Labute approximate surface area is 89.5 Å². The van der Waals surface area contributed by atoms with Crippen LogP contribution in [0.5, 0.6) is 5.75 Å². The Hall–Kier alpha value is -1.75. The van der Waals surface area contributed by atoms with Gasteiger partial charge in [-0.15, -0.1) is 0 Å². The fraction of sp³-hybridized carbons (Fsp3) is 0.111. The highest BCUT2D eigenvalue weighted by molar-refractivity contribution is 6.34. The Morgan fingerprint density at radius 3 is 2.93 bits per heavy atom. The van der Waals surface area contributed by atoms with Gasteiger partial charge in [0, 0.05) is 5.39 Å². The summed E-state index contributed by atoms with van der Waals surface area (Å²) in [6.07, 6.45) is 0. The number of hydrogen-bond donors (Lipinski definition) is 2. The van der Waals surface area contributed by atoms with E-state index in [0.29, 0.717) is 10.9 Å². The molecule has 2 N–H and O–H groups in total. The Bertz CT molecular complexity index is 535. The minimum absolute atomic E-state index is 0.0688. The third kappa shape index (κ3) is 1.73. The lowest BCUT2D eigenvalue weighted by molar-refractivity contribution is -0.137. The molecule has 1 aromatic heterocycles. The van der Waals surface area contributed by atoms with E-state index in [-0.39, 0.29) is 17.4 Å². The molecule has 0 unspecified atom stereocenters. The molecule has 0 atom stereocenters. The number of phenolic OH excluding ortho intramolecular Hbond substituents is 1. The number of phenols is 1. The molecule has 0 radical (unpaired) electrons. The van der Waals surface area contributed by atoms with Gasteiger partial charge in [-0.3, -0.25) is 4.79 Å². The third-order valence-electron chi connectivity index (χ3n) is 1.94. The van der Waals surface area contributed by atoms with E-state index in [1.165, 1.54) is 16.8 Å². The number of fused-ring (bicyclic) bond motifs is 1. The van der Waals surface area contributed by atoms with Gasteiger partial charge in [-0.2, -0.15) is 5.10 Å². The summed E-state index contributed by atoms with van der Waals surface area (Å²) in [5, 5.41) is 22.6. The van der Waals surface area contributed by atoms with E-state index in [1.807, 2.05) is 0 Å². The van der Waals surface area contributed by atoms with Gasteiger partial charge in [0.2, 0.25) is 0 Å². The molecule has 0 aliphatic heterocycles. The molecule has 78 valence electrons. The van der Waals surface area contributed by atoms with E-state index < -0.39 is 5.97 Å². The molecule has 2 aromatic rings. The number of nitrogens with zero attached hydrogens (tertiary/aromatic N) is 2. The summed E-state index contributed by atoms with van der Waals surface area (Å²) in [7, 11) is 0. The molecule has 5 nitrogen and oxygen atoms in total. The predicted octanol–water partition coefficient (Wildman–Crippen LogP) is 1.48. The Kier molecular flexibility index (Phi) is 2.24. The van der Waals surface area contributed by atoms with Crippen LogP contribution in [0.3, 0.4) is 0 Å². The van der Waals surface area contributed by atoms with Gasteiger partial charge in [0.15, 0.2) is 0 Å². The maximum absolute atomic E-state index is 10.5. The smallest absolute Gasteiger partial charge is 0.325 e. The molecule has 0 fully saturated rings. The quantitative estimate of drug-likeness (QED) is 0.813. The number of aromatic hydroxyl groups is 1. The number of rotatable bonds is 2. The molecule has 2 rings (SSSR count). The van der Waals surface area contributed by atoms with Crippen LogP contribution in [0.25, 0.3) is 10.9 Å². The average molecular weight is 227 g/mol. The van der Waals surface area contributed by atoms with Gasteiger partial charge in [0.05, 0.1) is 5.52 Å². The predicted molar refractivity (Wildman–Crippen MR) is 54.0 cm³/mol. The van der Waals surface area contributed by atoms with Gasteiger partial charge in [-0.05, 0) is 18.2 Å². The molecule has 0 bridgehead atoms. The van der Waals surface area contributed by atoms with Crippen molar-refractivity contribution in [1.29, 1.82) is 0 Å². The van der Waals surface area contributed by atoms with Crippen molar-refractivity contribution in [3.05, 3.63) is 23.4 Å². The molecule has 0 amide bonds. The van der Waals surface area contributed by atoms with Crippen molar-refractivity contribution >= 4 is 28.5 Å². The van der Waals surface area contributed by atoms with E-state index >= 15 is 0 Å². The third-order valence-corrected chi connectivity index (χ3v) is 2.34. The highest BCUT2D eigenvalue weighted by atomic mass is 35.5. The number of carboxylic acids is 1. The van der Waals surface area contributed by atoms with E-state index in [9.17, 15) is 9.90 Å². The highest BCUT2D eigenvalue weighted by Gasteiger charge is 2.11. The van der Waals surface area contributed by atoms with Gasteiger partial charge in [0.1, 0.15) is 17.4 Å². The first-order valence-electron chi connectivity index (χ1n) is 4.15. The van der Waals surface area contributed by atoms with Gasteiger partial charge in [0.25, 0.3) is 0 Å². The summed E-state index contributed by atoms with van der Waals surface area (Å²) in [6.45, 7) is -0.297. The Morgan fingerprint density at radius 1 is 1.53 bits per heavy atom. The van der Waals surface area contributed by atoms with E-state index in [1.54, 1.807) is 6.07 Å². The standard InChI is InChI=1S/C9H7ClN2O3/c10-9-6-3-5(13)1-2-7(6)11-12(9)4-8(14)15/h1-3,13H,4H2,(H,14,15). The summed E-state index contributed by atoms with van der Waals surface area (Å²) in [5.74, 6) is -0.951. The zero-order valence-corrected chi connectivity index (χ0v) is 8.27. The largest absolute Gasteiger partial charge is 0.508 e. The van der Waals surface area contributed by atoms with Crippen LogP contribution in [0.2, 0.25) is 5.15 Å². The molecule has 1 aromatic carbocycles. The van der Waals surface area contributed by atoms with Crippen molar-refractivity contribution in [2.24, 2.45) is 0 Å². The van der Waals surface area contributed by atoms with Gasteiger partial charge in [-0.25, -0.2) is 4.68 Å². The molecule has 15 heavy (non-hydrogen) atoms. The van der Waals surface area contributed by atoms with Crippen LogP contribution in [0, 0.1) is 0 Å². The molecule has 0 aliphatic rings. The first-order valence-corrected chi connectivity index (χ1v) is 4.52. The number of aromatic nitrogens is 2. The monoisotopic (exact) mass is 226 g/mol. The first kappa shape index (κ1) is 9.79.